The molecular weight excluding hydrogens is 356 g/mol. The number of hydrogen-bond donors (Lipinski definition) is 3. The summed E-state index contributed by atoms with van der Waals surface area (Å²) in [5.74, 6) is 1.40. The lowest BCUT2D eigenvalue weighted by atomic mass is 9.74. The van der Waals surface area contributed by atoms with Gasteiger partial charge in [0.2, 0.25) is 5.91 Å². The number of nitrogens with zero attached hydrogens (tertiary/aromatic N) is 1. The fourth-order valence-electron chi connectivity index (χ4n) is 3.37. The molecule has 3 N–H and O–H groups in total. The third-order valence-electron chi connectivity index (χ3n) is 4.90. The van der Waals surface area contributed by atoms with Gasteiger partial charge in [0.1, 0.15) is 5.75 Å². The molecule has 1 aliphatic heterocycles. The fourth-order valence-corrected chi connectivity index (χ4v) is 3.37. The molecule has 7 heteroatoms. The van der Waals surface area contributed by atoms with E-state index in [1.54, 1.807) is 14.2 Å². The highest BCUT2D eigenvalue weighted by molar-refractivity contribution is 5.86. The molecule has 0 aliphatic carbocycles. The second kappa shape index (κ2) is 9.78. The Hall–Kier alpha value is -2.28. The first-order valence-electron chi connectivity index (χ1n) is 9.76. The second-order valence-electron chi connectivity index (χ2n) is 8.20. The molecule has 2 rings (SSSR count). The van der Waals surface area contributed by atoms with Crippen LogP contribution in [0.5, 0.6) is 5.75 Å². The number of rotatable bonds is 6. The van der Waals surface area contributed by atoms with Crippen LogP contribution in [0.25, 0.3) is 0 Å². The van der Waals surface area contributed by atoms with E-state index in [1.165, 1.54) is 5.56 Å². The lowest BCUT2D eigenvalue weighted by Crippen LogP contribution is -2.51. The van der Waals surface area contributed by atoms with E-state index in [0.717, 1.165) is 31.8 Å². The van der Waals surface area contributed by atoms with Gasteiger partial charge in [-0.25, -0.2) is 0 Å². The molecule has 1 heterocycles. The van der Waals surface area contributed by atoms with Crippen LogP contribution >= 0.6 is 0 Å². The van der Waals surface area contributed by atoms with Crippen molar-refractivity contribution in [1.82, 2.24) is 16.0 Å². The van der Waals surface area contributed by atoms with Gasteiger partial charge in [-0.2, -0.15) is 0 Å². The van der Waals surface area contributed by atoms with Gasteiger partial charge >= 0.3 is 0 Å². The van der Waals surface area contributed by atoms with Crippen LogP contribution in [-0.2, 0) is 14.9 Å². The Morgan fingerprint density at radius 3 is 2.36 bits per heavy atom. The summed E-state index contributed by atoms with van der Waals surface area (Å²) < 4.78 is 10.9. The predicted octanol–water partition coefficient (Wildman–Crippen LogP) is 1.82. The molecule has 28 heavy (non-hydrogen) atoms. The van der Waals surface area contributed by atoms with Gasteiger partial charge in [-0.1, -0.05) is 12.1 Å². The largest absolute Gasteiger partial charge is 0.497 e. The first-order valence-corrected chi connectivity index (χ1v) is 9.76. The number of methoxy groups -OCH3 is 1. The van der Waals surface area contributed by atoms with E-state index < -0.39 is 0 Å². The van der Waals surface area contributed by atoms with Crippen LogP contribution in [0.15, 0.2) is 29.3 Å². The number of nitrogens with one attached hydrogen (secondary N) is 3. The average Bonchev–Trinajstić information content (AvgIpc) is 2.67. The summed E-state index contributed by atoms with van der Waals surface area (Å²) in [6.45, 7) is 8.23. The van der Waals surface area contributed by atoms with E-state index in [4.69, 9.17) is 9.47 Å². The molecule has 1 fully saturated rings. The smallest absolute Gasteiger partial charge is 0.239 e. The lowest BCUT2D eigenvalue weighted by molar-refractivity contribution is -0.121. The quantitative estimate of drug-likeness (QED) is 0.510. The highest BCUT2D eigenvalue weighted by Gasteiger charge is 2.34. The van der Waals surface area contributed by atoms with Gasteiger partial charge in [0, 0.05) is 37.8 Å². The minimum absolute atomic E-state index is 0.0458. The molecule has 1 aromatic rings. The summed E-state index contributed by atoms with van der Waals surface area (Å²) in [5, 5.41) is 9.43. The molecule has 0 radical (unpaired) electrons. The van der Waals surface area contributed by atoms with Crippen LogP contribution in [0.3, 0.4) is 0 Å². The zero-order valence-corrected chi connectivity index (χ0v) is 17.7. The third kappa shape index (κ3) is 6.41. The number of ether oxygens (including phenoxy) is 2. The highest BCUT2D eigenvalue weighted by Crippen LogP contribution is 2.35. The number of hydrogen-bond acceptors (Lipinski definition) is 4. The Kier molecular flexibility index (Phi) is 7.69. The second-order valence-corrected chi connectivity index (χ2v) is 8.20. The Balaban J connectivity index is 2.00. The summed E-state index contributed by atoms with van der Waals surface area (Å²) in [6.07, 6.45) is 1.85. The van der Waals surface area contributed by atoms with Crippen molar-refractivity contribution in [2.45, 2.75) is 44.6 Å². The molecule has 0 bridgehead atoms. The first kappa shape index (κ1) is 22.0. The van der Waals surface area contributed by atoms with Gasteiger partial charge < -0.3 is 25.4 Å². The molecule has 156 valence electrons. The van der Waals surface area contributed by atoms with E-state index in [0.29, 0.717) is 12.5 Å². The van der Waals surface area contributed by atoms with Crippen molar-refractivity contribution in [1.29, 1.82) is 0 Å². The molecule has 1 amide bonds. The number of carbonyl (C=O) groups excluding carboxylic acids is 1. The number of guanidine groups is 1. The Morgan fingerprint density at radius 1 is 1.18 bits per heavy atom. The Morgan fingerprint density at radius 2 is 1.82 bits per heavy atom. The van der Waals surface area contributed by atoms with E-state index in [1.807, 2.05) is 32.9 Å². The molecule has 1 saturated heterocycles. The third-order valence-corrected chi connectivity index (χ3v) is 4.90. The van der Waals surface area contributed by atoms with Gasteiger partial charge in [-0.3, -0.25) is 9.79 Å². The molecule has 7 nitrogen and oxygen atoms in total. The van der Waals surface area contributed by atoms with Crippen LogP contribution in [0.1, 0.15) is 39.2 Å². The number of amides is 1. The maximum atomic E-state index is 12.0. The maximum absolute atomic E-state index is 12.0. The van der Waals surface area contributed by atoms with E-state index in [-0.39, 0.29) is 23.4 Å². The fraction of sp³-hybridized carbons (Fsp3) is 0.619. The van der Waals surface area contributed by atoms with Crippen LogP contribution < -0.4 is 20.7 Å². The minimum atomic E-state index is -0.254. The van der Waals surface area contributed by atoms with E-state index >= 15 is 0 Å². The SMILES string of the molecule is CN=C(NCC(=O)NC(C)(C)C)NCC1(c2ccc(OC)cc2)CCOCC1. The Labute approximate surface area is 168 Å². The summed E-state index contributed by atoms with van der Waals surface area (Å²) in [7, 11) is 3.38. The number of aliphatic imine (C=N–C) groups is 1. The van der Waals surface area contributed by atoms with Crippen molar-refractivity contribution < 1.29 is 14.3 Å². The normalized spacial score (nSPS) is 17.0. The van der Waals surface area contributed by atoms with Crippen molar-refractivity contribution >= 4 is 11.9 Å². The molecule has 1 aliphatic rings. The lowest BCUT2D eigenvalue weighted by Gasteiger charge is -2.38. The average molecular weight is 391 g/mol. The topological polar surface area (TPSA) is 84.0 Å². The molecule has 0 aromatic heterocycles. The van der Waals surface area contributed by atoms with Gasteiger partial charge in [0.15, 0.2) is 5.96 Å². The first-order chi connectivity index (χ1) is 13.3. The molecular formula is C21H34N4O3. The molecule has 0 unspecified atom stereocenters. The van der Waals surface area contributed by atoms with Crippen LogP contribution in [-0.4, -0.2) is 57.9 Å². The Bertz CT molecular complexity index is 659. The molecule has 0 saturated carbocycles. The zero-order chi connectivity index (χ0) is 20.6. The summed E-state index contributed by atoms with van der Waals surface area (Å²) in [6, 6.07) is 8.24. The van der Waals surface area contributed by atoms with Crippen molar-refractivity contribution in [2.24, 2.45) is 4.99 Å². The van der Waals surface area contributed by atoms with Gasteiger partial charge in [0.05, 0.1) is 13.7 Å². The maximum Gasteiger partial charge on any atom is 0.239 e. The van der Waals surface area contributed by atoms with Gasteiger partial charge in [0.25, 0.3) is 0 Å². The van der Waals surface area contributed by atoms with Crippen LogP contribution in [0, 0.1) is 0 Å². The van der Waals surface area contributed by atoms with Crippen molar-refractivity contribution in [3.05, 3.63) is 29.8 Å². The molecule has 0 spiro atoms. The van der Waals surface area contributed by atoms with E-state index in [2.05, 4.69) is 33.1 Å². The summed E-state index contributed by atoms with van der Waals surface area (Å²) >= 11 is 0. The summed E-state index contributed by atoms with van der Waals surface area (Å²) in [4.78, 5) is 16.3. The molecule has 1 aromatic carbocycles. The summed E-state index contributed by atoms with van der Waals surface area (Å²) in [5.41, 5.74) is 0.955. The zero-order valence-electron chi connectivity index (χ0n) is 17.7. The van der Waals surface area contributed by atoms with Gasteiger partial charge in [-0.15, -0.1) is 0 Å². The van der Waals surface area contributed by atoms with Crippen molar-refractivity contribution in [2.75, 3.05) is 40.5 Å². The molecule has 0 atom stereocenters. The standard InChI is InChI=1S/C21H34N4O3/c1-20(2,3)25-18(26)14-23-19(22-4)24-15-21(10-12-28-13-11-21)16-6-8-17(27-5)9-7-16/h6-9H,10-15H2,1-5H3,(H,25,26)(H2,22,23,24). The predicted molar refractivity (Wildman–Crippen MR) is 112 cm³/mol. The number of carbonyl (C=O) groups is 1. The monoisotopic (exact) mass is 390 g/mol. The minimum Gasteiger partial charge on any atom is -0.497 e. The van der Waals surface area contributed by atoms with Crippen molar-refractivity contribution in [3.63, 3.8) is 0 Å². The van der Waals surface area contributed by atoms with Crippen molar-refractivity contribution in [3.8, 4) is 5.75 Å². The van der Waals surface area contributed by atoms with Crippen LogP contribution in [0.4, 0.5) is 0 Å². The van der Waals surface area contributed by atoms with Gasteiger partial charge in [-0.05, 0) is 51.3 Å². The van der Waals surface area contributed by atoms with Crippen LogP contribution in [0.2, 0.25) is 0 Å². The van der Waals surface area contributed by atoms with E-state index in [9.17, 15) is 4.79 Å². The highest BCUT2D eigenvalue weighted by atomic mass is 16.5. The number of benzene rings is 1.